The first-order valence-electron chi connectivity index (χ1n) is 7.90. The molecule has 2 unspecified atom stereocenters. The SMILES string of the molecule is CCCCC(CC)COCC(O)c1cc(C)cc(C)c1. The molecule has 1 aromatic rings. The molecule has 0 amide bonds. The highest BCUT2D eigenvalue weighted by atomic mass is 16.5. The van der Waals surface area contributed by atoms with E-state index in [4.69, 9.17) is 4.74 Å². The van der Waals surface area contributed by atoms with Crippen LogP contribution in [0.1, 0.15) is 62.3 Å². The van der Waals surface area contributed by atoms with Crippen molar-refractivity contribution in [1.29, 1.82) is 0 Å². The molecule has 0 bridgehead atoms. The highest BCUT2D eigenvalue weighted by Gasteiger charge is 2.11. The molecule has 1 rings (SSSR count). The summed E-state index contributed by atoms with van der Waals surface area (Å²) >= 11 is 0. The van der Waals surface area contributed by atoms with Crippen molar-refractivity contribution in [2.75, 3.05) is 13.2 Å². The van der Waals surface area contributed by atoms with Crippen molar-refractivity contribution < 1.29 is 9.84 Å². The number of unbranched alkanes of at least 4 members (excludes halogenated alkanes) is 1. The molecule has 0 spiro atoms. The molecule has 20 heavy (non-hydrogen) atoms. The minimum Gasteiger partial charge on any atom is -0.386 e. The summed E-state index contributed by atoms with van der Waals surface area (Å²) in [7, 11) is 0. The predicted molar refractivity (Wildman–Crippen MR) is 85.0 cm³/mol. The van der Waals surface area contributed by atoms with Crippen molar-refractivity contribution in [3.05, 3.63) is 34.9 Å². The summed E-state index contributed by atoms with van der Waals surface area (Å²) in [6, 6.07) is 6.19. The topological polar surface area (TPSA) is 29.5 Å². The van der Waals surface area contributed by atoms with Crippen molar-refractivity contribution in [2.45, 2.75) is 59.5 Å². The maximum atomic E-state index is 10.2. The van der Waals surface area contributed by atoms with Crippen LogP contribution in [0.15, 0.2) is 18.2 Å². The van der Waals surface area contributed by atoms with Crippen molar-refractivity contribution in [2.24, 2.45) is 5.92 Å². The smallest absolute Gasteiger partial charge is 0.102 e. The molecule has 2 atom stereocenters. The third-order valence-corrected chi connectivity index (χ3v) is 3.80. The van der Waals surface area contributed by atoms with Crippen molar-refractivity contribution in [3.8, 4) is 0 Å². The number of aliphatic hydroxyl groups excluding tert-OH is 1. The molecule has 114 valence electrons. The van der Waals surface area contributed by atoms with Crippen LogP contribution in [0.5, 0.6) is 0 Å². The van der Waals surface area contributed by atoms with E-state index in [1.165, 1.54) is 30.4 Å². The second kappa shape index (κ2) is 9.15. The largest absolute Gasteiger partial charge is 0.386 e. The maximum Gasteiger partial charge on any atom is 0.102 e. The van der Waals surface area contributed by atoms with Gasteiger partial charge < -0.3 is 9.84 Å². The van der Waals surface area contributed by atoms with Crippen LogP contribution >= 0.6 is 0 Å². The van der Waals surface area contributed by atoms with Gasteiger partial charge in [0, 0.05) is 6.61 Å². The van der Waals surface area contributed by atoms with E-state index in [2.05, 4.69) is 33.8 Å². The lowest BCUT2D eigenvalue weighted by atomic mass is 10.0. The number of hydrogen-bond acceptors (Lipinski definition) is 2. The fourth-order valence-electron chi connectivity index (χ4n) is 2.54. The summed E-state index contributed by atoms with van der Waals surface area (Å²) in [5, 5.41) is 10.2. The van der Waals surface area contributed by atoms with E-state index in [1.54, 1.807) is 0 Å². The third kappa shape index (κ3) is 6.06. The van der Waals surface area contributed by atoms with Crippen LogP contribution in [-0.2, 0) is 4.74 Å². The summed E-state index contributed by atoms with van der Waals surface area (Å²) in [4.78, 5) is 0. The Bertz CT molecular complexity index is 367. The van der Waals surface area contributed by atoms with E-state index < -0.39 is 6.10 Å². The van der Waals surface area contributed by atoms with Gasteiger partial charge in [-0.3, -0.25) is 0 Å². The van der Waals surface area contributed by atoms with E-state index >= 15 is 0 Å². The monoisotopic (exact) mass is 278 g/mol. The van der Waals surface area contributed by atoms with Crippen molar-refractivity contribution in [1.82, 2.24) is 0 Å². The Kier molecular flexibility index (Phi) is 7.86. The lowest BCUT2D eigenvalue weighted by Gasteiger charge is -2.17. The van der Waals surface area contributed by atoms with Crippen LogP contribution in [0, 0.1) is 19.8 Å². The minimum absolute atomic E-state index is 0.394. The molecule has 2 heteroatoms. The Balaban J connectivity index is 2.40. The highest BCUT2D eigenvalue weighted by Crippen LogP contribution is 2.18. The molecule has 1 N–H and O–H groups in total. The Morgan fingerprint density at radius 2 is 1.70 bits per heavy atom. The van der Waals surface area contributed by atoms with Gasteiger partial charge in [0.05, 0.1) is 6.61 Å². The van der Waals surface area contributed by atoms with Gasteiger partial charge in [-0.25, -0.2) is 0 Å². The number of ether oxygens (including phenoxy) is 1. The number of rotatable bonds is 9. The molecule has 0 aliphatic heterocycles. The minimum atomic E-state index is -0.516. The Hall–Kier alpha value is -0.860. The molecule has 0 saturated heterocycles. The normalized spacial score (nSPS) is 14.2. The lowest BCUT2D eigenvalue weighted by molar-refractivity contribution is 0.0181. The Morgan fingerprint density at radius 3 is 2.25 bits per heavy atom. The van der Waals surface area contributed by atoms with E-state index in [0.717, 1.165) is 18.6 Å². The van der Waals surface area contributed by atoms with Gasteiger partial charge in [0.1, 0.15) is 6.10 Å². The average molecular weight is 278 g/mol. The third-order valence-electron chi connectivity index (χ3n) is 3.80. The molecule has 1 aromatic carbocycles. The first-order chi connectivity index (χ1) is 9.56. The number of aryl methyl sites for hydroxylation is 2. The summed E-state index contributed by atoms with van der Waals surface area (Å²) in [6.45, 7) is 9.70. The van der Waals surface area contributed by atoms with Gasteiger partial charge in [0.2, 0.25) is 0 Å². The van der Waals surface area contributed by atoms with Gasteiger partial charge in [0.25, 0.3) is 0 Å². The van der Waals surface area contributed by atoms with Gasteiger partial charge in [-0.1, -0.05) is 62.4 Å². The van der Waals surface area contributed by atoms with Crippen LogP contribution in [0.4, 0.5) is 0 Å². The lowest BCUT2D eigenvalue weighted by Crippen LogP contribution is -2.14. The second-order valence-electron chi connectivity index (χ2n) is 5.89. The molecular formula is C18H30O2. The second-order valence-corrected chi connectivity index (χ2v) is 5.89. The molecule has 2 nitrogen and oxygen atoms in total. The zero-order chi connectivity index (χ0) is 15.0. The highest BCUT2D eigenvalue weighted by molar-refractivity contribution is 5.29. The first kappa shape index (κ1) is 17.2. The quantitative estimate of drug-likeness (QED) is 0.717. The van der Waals surface area contributed by atoms with Crippen molar-refractivity contribution >= 4 is 0 Å². The molecule has 0 aliphatic carbocycles. The fourth-order valence-corrected chi connectivity index (χ4v) is 2.54. The zero-order valence-electron chi connectivity index (χ0n) is 13.5. The van der Waals surface area contributed by atoms with Crippen LogP contribution in [0.3, 0.4) is 0 Å². The summed E-state index contributed by atoms with van der Waals surface area (Å²) in [5.74, 6) is 0.626. The standard InChI is InChI=1S/C18H30O2/c1-5-7-8-16(6-2)12-20-13-18(19)17-10-14(3)9-15(4)11-17/h9-11,16,18-19H,5-8,12-13H2,1-4H3. The Labute approximate surface area is 124 Å². The summed E-state index contributed by atoms with van der Waals surface area (Å²) in [6.07, 6.45) is 4.37. The average Bonchev–Trinajstić information content (AvgIpc) is 2.41. The molecule has 0 aromatic heterocycles. The van der Waals surface area contributed by atoms with Gasteiger partial charge in [-0.2, -0.15) is 0 Å². The van der Waals surface area contributed by atoms with Gasteiger partial charge in [-0.05, 0) is 31.7 Å². The van der Waals surface area contributed by atoms with Crippen LogP contribution in [0.2, 0.25) is 0 Å². The van der Waals surface area contributed by atoms with Gasteiger partial charge >= 0.3 is 0 Å². The molecule has 0 saturated carbocycles. The molecule has 0 fully saturated rings. The Morgan fingerprint density at radius 1 is 1.05 bits per heavy atom. The van der Waals surface area contributed by atoms with Crippen LogP contribution in [-0.4, -0.2) is 18.3 Å². The zero-order valence-corrected chi connectivity index (χ0v) is 13.5. The maximum absolute atomic E-state index is 10.2. The number of aliphatic hydroxyl groups is 1. The van der Waals surface area contributed by atoms with Crippen molar-refractivity contribution in [3.63, 3.8) is 0 Å². The number of hydrogen-bond donors (Lipinski definition) is 1. The fraction of sp³-hybridized carbons (Fsp3) is 0.667. The van der Waals surface area contributed by atoms with Gasteiger partial charge in [0.15, 0.2) is 0 Å². The van der Waals surface area contributed by atoms with E-state index in [0.29, 0.717) is 12.5 Å². The van der Waals surface area contributed by atoms with Crippen LogP contribution < -0.4 is 0 Å². The molecule has 0 heterocycles. The van der Waals surface area contributed by atoms with E-state index in [1.807, 2.05) is 12.1 Å². The van der Waals surface area contributed by atoms with E-state index in [9.17, 15) is 5.11 Å². The molecule has 0 radical (unpaired) electrons. The first-order valence-corrected chi connectivity index (χ1v) is 7.90. The summed E-state index contributed by atoms with van der Waals surface area (Å²) in [5.41, 5.74) is 3.34. The van der Waals surface area contributed by atoms with E-state index in [-0.39, 0.29) is 0 Å². The number of benzene rings is 1. The molecule has 0 aliphatic rings. The predicted octanol–water partition coefficient (Wildman–Crippen LogP) is 4.57. The molecular weight excluding hydrogens is 248 g/mol. The van der Waals surface area contributed by atoms with Gasteiger partial charge in [-0.15, -0.1) is 0 Å². The summed E-state index contributed by atoms with van der Waals surface area (Å²) < 4.78 is 5.73. The van der Waals surface area contributed by atoms with Crippen LogP contribution in [0.25, 0.3) is 0 Å².